The average Bonchev–Trinajstić information content (AvgIpc) is 3.21. The molecule has 43 heavy (non-hydrogen) atoms. The van der Waals surface area contributed by atoms with Crippen molar-refractivity contribution in [2.75, 3.05) is 71.8 Å². The van der Waals surface area contributed by atoms with Gasteiger partial charge in [0.25, 0.3) is 0 Å². The first kappa shape index (κ1) is 28.1. The minimum Gasteiger partial charge on any atom is -0.395 e. The third-order valence-corrected chi connectivity index (χ3v) is 7.15. The van der Waals surface area contributed by atoms with Crippen LogP contribution < -0.4 is 32.3 Å². The van der Waals surface area contributed by atoms with Crippen molar-refractivity contribution >= 4 is 52.5 Å². The Kier molecular flexibility index (Phi) is 8.11. The number of anilines is 7. The highest BCUT2D eigenvalue weighted by Crippen LogP contribution is 2.38. The molecule has 0 spiro atoms. The summed E-state index contributed by atoms with van der Waals surface area (Å²) in [7, 11) is 0. The third-order valence-electron chi connectivity index (χ3n) is 7.15. The molecule has 4 aromatic rings. The molecule has 1 unspecified atom stereocenters. The second-order valence-corrected chi connectivity index (χ2v) is 10.3. The molecule has 0 saturated carbocycles. The number of rotatable bonds is 8. The maximum Gasteiger partial charge on any atom is 0.233 e. The van der Waals surface area contributed by atoms with E-state index in [0.29, 0.717) is 68.6 Å². The molecule has 0 amide bonds. The van der Waals surface area contributed by atoms with E-state index in [1.807, 2.05) is 29.2 Å². The molecule has 14 nitrogen and oxygen atoms in total. The van der Waals surface area contributed by atoms with Gasteiger partial charge in [-0.15, -0.1) is 0 Å². The highest BCUT2D eigenvalue weighted by Gasteiger charge is 2.24. The highest BCUT2D eigenvalue weighted by atomic mass is 16.5. The Hall–Kier alpha value is -5.08. The maximum atomic E-state index is 9.27. The summed E-state index contributed by atoms with van der Waals surface area (Å²) in [4.78, 5) is 29.1. The van der Waals surface area contributed by atoms with Crippen LogP contribution in [0, 0.1) is 6.92 Å². The van der Waals surface area contributed by atoms with Gasteiger partial charge in [-0.3, -0.25) is 0 Å². The lowest BCUT2D eigenvalue weighted by atomic mass is 9.96. The summed E-state index contributed by atoms with van der Waals surface area (Å²) >= 11 is 0. The van der Waals surface area contributed by atoms with Gasteiger partial charge in [-0.2, -0.15) is 24.9 Å². The number of aryl methyl sites for hydroxylation is 1. The van der Waals surface area contributed by atoms with Crippen LogP contribution in [0.2, 0.25) is 0 Å². The quantitative estimate of drug-likeness (QED) is 0.177. The molecule has 2 aromatic heterocycles. The fourth-order valence-electron chi connectivity index (χ4n) is 4.92. The van der Waals surface area contributed by atoms with E-state index in [1.54, 1.807) is 0 Å². The van der Waals surface area contributed by atoms with Crippen LogP contribution in [0.3, 0.4) is 0 Å². The van der Waals surface area contributed by atoms with Crippen molar-refractivity contribution in [2.45, 2.75) is 19.4 Å². The fraction of sp³-hybridized carbons (Fsp3) is 0.310. The van der Waals surface area contributed by atoms with Gasteiger partial charge in [0.15, 0.2) is 11.6 Å². The zero-order chi connectivity index (χ0) is 29.8. The fourth-order valence-corrected chi connectivity index (χ4v) is 4.92. The van der Waals surface area contributed by atoms with Crippen LogP contribution >= 0.6 is 0 Å². The van der Waals surface area contributed by atoms with Crippen molar-refractivity contribution in [1.29, 1.82) is 0 Å². The van der Waals surface area contributed by atoms with E-state index >= 15 is 0 Å². The van der Waals surface area contributed by atoms with E-state index < -0.39 is 0 Å². The number of aliphatic hydroxyl groups is 1. The second kappa shape index (κ2) is 12.4. The Morgan fingerprint density at radius 1 is 0.953 bits per heavy atom. The molecule has 4 heterocycles. The minimum absolute atomic E-state index is 0.0391. The number of hydrogen-bond acceptors (Lipinski definition) is 14. The molecular weight excluding hydrogens is 548 g/mol. The first-order valence-electron chi connectivity index (χ1n) is 14.1. The number of nitrogen functional groups attached to an aromatic ring is 2. The van der Waals surface area contributed by atoms with Gasteiger partial charge in [0, 0.05) is 31.7 Å². The van der Waals surface area contributed by atoms with Crippen LogP contribution in [0.1, 0.15) is 29.2 Å². The maximum absolute atomic E-state index is 9.27. The van der Waals surface area contributed by atoms with Crippen molar-refractivity contribution < 1.29 is 9.84 Å². The summed E-state index contributed by atoms with van der Waals surface area (Å²) in [5.74, 6) is 2.11. The monoisotopic (exact) mass is 582 g/mol. The highest BCUT2D eigenvalue weighted by molar-refractivity contribution is 6.05. The molecule has 1 fully saturated rings. The summed E-state index contributed by atoms with van der Waals surface area (Å²) in [5.41, 5.74) is 17.4. The third kappa shape index (κ3) is 6.55. The van der Waals surface area contributed by atoms with Crippen LogP contribution in [-0.4, -0.2) is 75.2 Å². The summed E-state index contributed by atoms with van der Waals surface area (Å²) < 4.78 is 5.47. The van der Waals surface area contributed by atoms with Crippen molar-refractivity contribution in [2.24, 2.45) is 4.99 Å². The van der Waals surface area contributed by atoms with Gasteiger partial charge in [0.2, 0.25) is 23.8 Å². The van der Waals surface area contributed by atoms with E-state index in [4.69, 9.17) is 21.2 Å². The predicted octanol–water partition coefficient (Wildman–Crippen LogP) is 2.80. The van der Waals surface area contributed by atoms with E-state index in [-0.39, 0.29) is 24.4 Å². The van der Waals surface area contributed by atoms with E-state index in [9.17, 15) is 5.11 Å². The molecule has 2 aromatic carbocycles. The number of fused-ring (bicyclic) bond motifs is 1. The Balaban J connectivity index is 1.28. The zero-order valence-electron chi connectivity index (χ0n) is 23.8. The molecule has 0 aliphatic carbocycles. The van der Waals surface area contributed by atoms with Crippen molar-refractivity contribution in [3.05, 3.63) is 65.2 Å². The van der Waals surface area contributed by atoms with Crippen molar-refractivity contribution in [1.82, 2.24) is 24.9 Å². The number of morpholine rings is 1. The van der Waals surface area contributed by atoms with Gasteiger partial charge in [0.1, 0.15) is 5.69 Å². The average molecular weight is 583 g/mol. The minimum atomic E-state index is -0.110. The van der Waals surface area contributed by atoms with Gasteiger partial charge in [0.05, 0.1) is 31.6 Å². The Bertz CT molecular complexity index is 1610. The van der Waals surface area contributed by atoms with Gasteiger partial charge in [-0.25, -0.2) is 4.99 Å². The summed E-state index contributed by atoms with van der Waals surface area (Å²) in [6.45, 7) is 4.93. The molecular formula is C29H34N12O2. The molecule has 1 saturated heterocycles. The molecule has 222 valence electrons. The Morgan fingerprint density at radius 3 is 2.44 bits per heavy atom. The van der Waals surface area contributed by atoms with Crippen molar-refractivity contribution in [3.63, 3.8) is 0 Å². The van der Waals surface area contributed by atoms with Gasteiger partial charge < -0.3 is 42.2 Å². The summed E-state index contributed by atoms with van der Waals surface area (Å²) in [5, 5.41) is 19.1. The molecule has 2 aliphatic heterocycles. The van der Waals surface area contributed by atoms with Crippen LogP contribution in [0.25, 0.3) is 0 Å². The Labute approximate surface area is 248 Å². The number of nitrogens with two attached hydrogens (primary N) is 2. The standard InChI is InChI=1S/C29H34N12O2/c1-17-2-4-18(5-3-17)22-16-21(34-23-24(30)36-26(31)37-25(23)35-22)19-6-8-20(9-7-19)33-28-38-27(32-10-13-42)39-29(40-28)41-11-14-43-15-12-41/h2-9,22,42H,10-16H2,1H3,(H5,30,31,35,36,37)(H2,32,33,38,39,40). The van der Waals surface area contributed by atoms with Gasteiger partial charge in [-0.05, 0) is 30.2 Å². The van der Waals surface area contributed by atoms with E-state index in [1.165, 1.54) is 5.56 Å². The number of hydrogen-bond donors (Lipinski definition) is 6. The van der Waals surface area contributed by atoms with Gasteiger partial charge >= 0.3 is 0 Å². The molecule has 1 atom stereocenters. The van der Waals surface area contributed by atoms with E-state index in [2.05, 4.69) is 72.1 Å². The summed E-state index contributed by atoms with van der Waals surface area (Å²) in [6, 6.07) is 16.1. The van der Waals surface area contributed by atoms with Crippen LogP contribution in [0.5, 0.6) is 0 Å². The smallest absolute Gasteiger partial charge is 0.233 e. The molecule has 6 rings (SSSR count). The normalized spacial score (nSPS) is 16.5. The SMILES string of the molecule is Cc1ccc(C2CC(c3ccc(Nc4nc(NCCO)nc(N5CCOCC5)n4)cc3)=Nc3c(N)nc(N)nc3N2)cc1. The first-order chi connectivity index (χ1) is 20.9. The zero-order valence-corrected chi connectivity index (χ0v) is 23.8. The molecule has 0 radical (unpaired) electrons. The topological polar surface area (TPSA) is 198 Å². The van der Waals surface area contributed by atoms with E-state index in [0.717, 1.165) is 22.5 Å². The lowest BCUT2D eigenvalue weighted by Gasteiger charge is -2.27. The summed E-state index contributed by atoms with van der Waals surface area (Å²) in [6.07, 6.45) is 0.585. The second-order valence-electron chi connectivity index (χ2n) is 10.3. The number of nitrogens with zero attached hydrogens (tertiary/aromatic N) is 7. The van der Waals surface area contributed by atoms with Crippen LogP contribution in [-0.2, 0) is 4.74 Å². The lowest BCUT2D eigenvalue weighted by Crippen LogP contribution is -2.37. The molecule has 14 heteroatoms. The number of aliphatic imine (C=N–C) groups is 1. The molecule has 8 N–H and O–H groups in total. The predicted molar refractivity (Wildman–Crippen MR) is 167 cm³/mol. The van der Waals surface area contributed by atoms with Crippen molar-refractivity contribution in [3.8, 4) is 0 Å². The number of aromatic nitrogens is 5. The number of aliphatic hydroxyl groups excluding tert-OH is 1. The number of nitrogens with one attached hydrogen (secondary N) is 3. The van der Waals surface area contributed by atoms with Crippen LogP contribution in [0.4, 0.5) is 46.8 Å². The largest absolute Gasteiger partial charge is 0.395 e. The number of benzene rings is 2. The van der Waals surface area contributed by atoms with Gasteiger partial charge in [-0.1, -0.05) is 42.0 Å². The molecule has 0 bridgehead atoms. The van der Waals surface area contributed by atoms with Crippen LogP contribution in [0.15, 0.2) is 53.5 Å². The Morgan fingerprint density at radius 2 is 1.70 bits per heavy atom. The lowest BCUT2D eigenvalue weighted by molar-refractivity contribution is 0.122. The number of ether oxygens (including phenoxy) is 1. The molecule has 2 aliphatic rings. The first-order valence-corrected chi connectivity index (χ1v) is 14.1.